The van der Waals surface area contributed by atoms with Gasteiger partial charge in [-0.05, 0) is 95.3 Å². The lowest BCUT2D eigenvalue weighted by Crippen LogP contribution is -2.20. The van der Waals surface area contributed by atoms with Gasteiger partial charge < -0.3 is 9.47 Å². The number of unbranched alkanes of at least 4 members (excludes halogenated alkanes) is 1. The van der Waals surface area contributed by atoms with Crippen LogP contribution in [-0.4, -0.2) is 25.4 Å². The molecule has 0 bridgehead atoms. The van der Waals surface area contributed by atoms with E-state index in [4.69, 9.17) is 9.47 Å². The van der Waals surface area contributed by atoms with Gasteiger partial charge in [0.1, 0.15) is 0 Å². The summed E-state index contributed by atoms with van der Waals surface area (Å²) in [6.07, 6.45) is 35.3. The molecule has 2 heteroatoms. The molecule has 0 amide bonds. The van der Waals surface area contributed by atoms with Gasteiger partial charge in [0.25, 0.3) is 0 Å². The van der Waals surface area contributed by atoms with Crippen molar-refractivity contribution in [3.63, 3.8) is 0 Å². The fourth-order valence-electron chi connectivity index (χ4n) is 5.94. The fraction of sp³-hybridized carbons (Fsp3) is 0.857. The van der Waals surface area contributed by atoms with E-state index in [1.165, 1.54) is 83.5 Å². The summed E-state index contributed by atoms with van der Waals surface area (Å²) in [7, 11) is 3.60. The summed E-state index contributed by atoms with van der Waals surface area (Å²) in [5.41, 5.74) is -0.104. The largest absolute Gasteiger partial charge is 0.378 e. The molecule has 6 atom stereocenters. The molecule has 0 spiro atoms. The van der Waals surface area contributed by atoms with E-state index < -0.39 is 0 Å². The second-order valence-corrected chi connectivity index (χ2v) is 16.2. The molecule has 44 heavy (non-hydrogen) atoms. The molecule has 0 saturated carbocycles. The Morgan fingerprint density at radius 2 is 0.750 bits per heavy atom. The smallest absolute Gasteiger partial charge is 0.0657 e. The first kappa shape index (κ1) is 43.1. The van der Waals surface area contributed by atoms with Gasteiger partial charge in [-0.1, -0.05) is 149 Å². The van der Waals surface area contributed by atoms with Gasteiger partial charge >= 0.3 is 0 Å². The molecule has 0 N–H and O–H groups in total. The lowest BCUT2D eigenvalue weighted by atomic mass is 9.90. The molecule has 0 aromatic carbocycles. The second kappa shape index (κ2) is 25.3. The fourth-order valence-corrected chi connectivity index (χ4v) is 5.94. The van der Waals surface area contributed by atoms with Crippen LogP contribution in [0, 0.1) is 35.5 Å². The normalized spacial score (nSPS) is 17.5. The molecule has 0 aliphatic rings. The van der Waals surface area contributed by atoms with Crippen LogP contribution in [0.3, 0.4) is 0 Å². The average Bonchev–Trinajstić information content (AvgIpc) is 2.95. The third-order valence-corrected chi connectivity index (χ3v) is 9.98. The molecule has 6 unspecified atom stereocenters. The standard InChI is InChI=1S/C42H80O2/c1-35(23-15-25-37(3)27-17-29-39(5)31-19-33-41(7,8)43-11)21-13-14-22-36(2)24-16-26-38(4)28-18-30-40(6)32-20-34-42(9,10)44-12/h17,19-20,27,31-32,35-40H,13-16,18,21-26,28-30,33-34H2,1-12H3/b27-17+,31-19+,32-20+. The van der Waals surface area contributed by atoms with Crippen LogP contribution in [0.1, 0.15) is 172 Å². The minimum Gasteiger partial charge on any atom is -0.378 e. The minimum atomic E-state index is -0.0602. The van der Waals surface area contributed by atoms with Gasteiger partial charge in [0.2, 0.25) is 0 Å². The Kier molecular flexibility index (Phi) is 24.8. The lowest BCUT2D eigenvalue weighted by Gasteiger charge is -2.20. The summed E-state index contributed by atoms with van der Waals surface area (Å²) in [6.45, 7) is 23.1. The lowest BCUT2D eigenvalue weighted by molar-refractivity contribution is 0.0251. The van der Waals surface area contributed by atoms with Gasteiger partial charge in [0.15, 0.2) is 0 Å². The van der Waals surface area contributed by atoms with Crippen molar-refractivity contribution in [3.8, 4) is 0 Å². The van der Waals surface area contributed by atoms with Crippen molar-refractivity contribution < 1.29 is 9.47 Å². The van der Waals surface area contributed by atoms with E-state index in [0.29, 0.717) is 17.8 Å². The highest BCUT2D eigenvalue weighted by atomic mass is 16.5. The summed E-state index contributed by atoms with van der Waals surface area (Å²) in [5, 5.41) is 0. The molecule has 260 valence electrons. The highest BCUT2D eigenvalue weighted by molar-refractivity contribution is 4.96. The Morgan fingerprint density at radius 3 is 1.14 bits per heavy atom. The van der Waals surface area contributed by atoms with Crippen molar-refractivity contribution in [2.24, 2.45) is 35.5 Å². The molecule has 0 radical (unpaired) electrons. The van der Waals surface area contributed by atoms with Crippen molar-refractivity contribution >= 4 is 0 Å². The number of ether oxygens (including phenoxy) is 2. The molecule has 0 saturated heterocycles. The summed E-state index contributed by atoms with van der Waals surface area (Å²) < 4.78 is 11.0. The van der Waals surface area contributed by atoms with Gasteiger partial charge in [-0.3, -0.25) is 0 Å². The molecular weight excluding hydrogens is 536 g/mol. The van der Waals surface area contributed by atoms with Crippen LogP contribution in [0.5, 0.6) is 0 Å². The van der Waals surface area contributed by atoms with Crippen molar-refractivity contribution in [2.75, 3.05) is 14.2 Å². The van der Waals surface area contributed by atoms with E-state index in [0.717, 1.165) is 37.0 Å². The zero-order valence-electron chi connectivity index (χ0n) is 32.1. The van der Waals surface area contributed by atoms with E-state index in [-0.39, 0.29) is 11.2 Å². The number of rotatable bonds is 28. The summed E-state index contributed by atoms with van der Waals surface area (Å²) in [6, 6.07) is 0. The summed E-state index contributed by atoms with van der Waals surface area (Å²) in [4.78, 5) is 0. The van der Waals surface area contributed by atoms with Gasteiger partial charge in [-0.15, -0.1) is 0 Å². The summed E-state index contributed by atoms with van der Waals surface area (Å²) in [5.74, 6) is 4.60. The third kappa shape index (κ3) is 26.4. The Hall–Kier alpha value is -0.860. The van der Waals surface area contributed by atoms with E-state index in [9.17, 15) is 0 Å². The molecule has 0 rings (SSSR count). The van der Waals surface area contributed by atoms with Gasteiger partial charge in [0.05, 0.1) is 11.2 Å². The van der Waals surface area contributed by atoms with Crippen LogP contribution < -0.4 is 0 Å². The molecule has 2 nitrogen and oxygen atoms in total. The van der Waals surface area contributed by atoms with Crippen molar-refractivity contribution in [1.82, 2.24) is 0 Å². The van der Waals surface area contributed by atoms with Crippen molar-refractivity contribution in [2.45, 2.75) is 183 Å². The molecule has 0 aliphatic heterocycles. The Bertz CT molecular complexity index is 745. The number of allylic oxidation sites excluding steroid dienone is 4. The average molecular weight is 617 g/mol. The van der Waals surface area contributed by atoms with Crippen molar-refractivity contribution in [1.29, 1.82) is 0 Å². The maximum Gasteiger partial charge on any atom is 0.0657 e. The minimum absolute atomic E-state index is 0.0440. The molecular formula is C42H80O2. The second-order valence-electron chi connectivity index (χ2n) is 16.2. The first-order chi connectivity index (χ1) is 20.7. The Labute approximate surface area is 278 Å². The molecule has 0 fully saturated rings. The van der Waals surface area contributed by atoms with Gasteiger partial charge in [-0.2, -0.15) is 0 Å². The number of methoxy groups -OCH3 is 2. The highest BCUT2D eigenvalue weighted by Crippen LogP contribution is 2.24. The van der Waals surface area contributed by atoms with Gasteiger partial charge in [0, 0.05) is 14.2 Å². The molecule has 0 aromatic heterocycles. The van der Waals surface area contributed by atoms with Gasteiger partial charge in [-0.25, -0.2) is 0 Å². The predicted molar refractivity (Wildman–Crippen MR) is 198 cm³/mol. The first-order valence-corrected chi connectivity index (χ1v) is 18.8. The topological polar surface area (TPSA) is 18.5 Å². The molecule has 0 aliphatic carbocycles. The zero-order chi connectivity index (χ0) is 33.4. The van der Waals surface area contributed by atoms with Crippen LogP contribution in [0.4, 0.5) is 0 Å². The highest BCUT2D eigenvalue weighted by Gasteiger charge is 2.14. The number of hydrogen-bond acceptors (Lipinski definition) is 2. The Balaban J connectivity index is 3.84. The SMILES string of the molecule is COC(C)(C)C/C=C/C(C)C/C=C/C(C)CCCC(C)CCCCC(C)CCCC(C)CCCC(C)/C=C/CC(C)(C)OC. The number of hydrogen-bond donors (Lipinski definition) is 0. The van der Waals surface area contributed by atoms with Crippen LogP contribution in [0.2, 0.25) is 0 Å². The zero-order valence-corrected chi connectivity index (χ0v) is 32.1. The van der Waals surface area contributed by atoms with E-state index in [1.54, 1.807) is 14.2 Å². The van der Waals surface area contributed by atoms with E-state index in [2.05, 4.69) is 106 Å². The van der Waals surface area contributed by atoms with Crippen LogP contribution in [0.15, 0.2) is 36.5 Å². The molecule has 0 aromatic rings. The predicted octanol–water partition coefficient (Wildman–Crippen LogP) is 13.6. The van der Waals surface area contributed by atoms with Crippen LogP contribution >= 0.6 is 0 Å². The first-order valence-electron chi connectivity index (χ1n) is 18.8. The van der Waals surface area contributed by atoms with E-state index in [1.807, 2.05) is 0 Å². The third-order valence-electron chi connectivity index (χ3n) is 9.98. The van der Waals surface area contributed by atoms with Crippen LogP contribution in [0.25, 0.3) is 0 Å². The van der Waals surface area contributed by atoms with Crippen LogP contribution in [-0.2, 0) is 9.47 Å². The molecule has 0 heterocycles. The van der Waals surface area contributed by atoms with E-state index >= 15 is 0 Å². The Morgan fingerprint density at radius 1 is 0.432 bits per heavy atom. The maximum absolute atomic E-state index is 5.51. The quantitative estimate of drug-likeness (QED) is 0.0643. The maximum atomic E-state index is 5.51. The van der Waals surface area contributed by atoms with Crippen molar-refractivity contribution in [3.05, 3.63) is 36.5 Å². The monoisotopic (exact) mass is 617 g/mol. The summed E-state index contributed by atoms with van der Waals surface area (Å²) >= 11 is 0.